The molecule has 3 aromatic rings. The lowest BCUT2D eigenvalue weighted by molar-refractivity contribution is -0.665. The normalized spacial score (nSPS) is 11.3. The van der Waals surface area contributed by atoms with Gasteiger partial charge in [-0.2, -0.15) is 4.57 Å². The molecule has 0 aliphatic carbocycles. The Bertz CT molecular complexity index is 974. The lowest BCUT2D eigenvalue weighted by atomic mass is 10.1. The predicted molar refractivity (Wildman–Crippen MR) is 120 cm³/mol. The van der Waals surface area contributed by atoms with Gasteiger partial charge in [0.25, 0.3) is 10.5 Å². The zero-order valence-electron chi connectivity index (χ0n) is 17.4. The van der Waals surface area contributed by atoms with Gasteiger partial charge in [-0.15, -0.1) is 0 Å². The van der Waals surface area contributed by atoms with Crippen LogP contribution in [0, 0.1) is 0 Å². The van der Waals surface area contributed by atoms with E-state index in [1.54, 1.807) is 25.6 Å². The average Bonchev–Trinajstić information content (AvgIpc) is 3.11. The van der Waals surface area contributed by atoms with Crippen LogP contribution in [-0.4, -0.2) is 27.3 Å². The van der Waals surface area contributed by atoms with Gasteiger partial charge in [0.05, 0.1) is 19.9 Å². The van der Waals surface area contributed by atoms with Crippen LogP contribution in [0.2, 0.25) is 0 Å². The van der Waals surface area contributed by atoms with Gasteiger partial charge in [-0.1, -0.05) is 23.5 Å². The summed E-state index contributed by atoms with van der Waals surface area (Å²) in [4.78, 5) is 2.30. The monoisotopic (exact) mass is 397 g/mol. The Morgan fingerprint density at radius 2 is 1.71 bits per heavy atom. The summed E-state index contributed by atoms with van der Waals surface area (Å²) in [5, 5.41) is 1.20. The highest BCUT2D eigenvalue weighted by Crippen LogP contribution is 2.31. The third kappa shape index (κ3) is 3.85. The smallest absolute Gasteiger partial charge is 0.266 e. The molecule has 1 heterocycles. The molecule has 2 aromatic carbocycles. The van der Waals surface area contributed by atoms with Gasteiger partial charge in [0.1, 0.15) is 17.0 Å². The van der Waals surface area contributed by atoms with E-state index < -0.39 is 0 Å². The second kappa shape index (κ2) is 9.11. The number of nitrogens with zero attached hydrogens (tertiary/aromatic N) is 2. The Morgan fingerprint density at radius 3 is 2.36 bits per heavy atom. The van der Waals surface area contributed by atoms with E-state index in [0.29, 0.717) is 0 Å². The molecule has 0 bridgehead atoms. The van der Waals surface area contributed by atoms with Crippen LogP contribution in [0.5, 0.6) is 11.5 Å². The van der Waals surface area contributed by atoms with Crippen LogP contribution >= 0.6 is 11.3 Å². The topological polar surface area (TPSA) is 25.6 Å². The lowest BCUT2D eigenvalue weighted by Gasteiger charge is -2.23. The van der Waals surface area contributed by atoms with Gasteiger partial charge in [-0.25, -0.2) is 0 Å². The first-order valence-corrected chi connectivity index (χ1v) is 10.6. The second-order valence-electron chi connectivity index (χ2n) is 6.43. The van der Waals surface area contributed by atoms with Crippen LogP contribution < -0.4 is 18.9 Å². The summed E-state index contributed by atoms with van der Waals surface area (Å²) in [6.07, 6.45) is 4.33. The zero-order valence-corrected chi connectivity index (χ0v) is 18.2. The maximum absolute atomic E-state index is 5.65. The standard InChI is InChI=1S/C23H29N2O2S/c1-6-24(7-2)18-14-12-17(16-20(18)27-5)13-15-22-25(8-3)23-19(26-4)10-9-11-21(23)28-22/h9-16H,6-8H2,1-5H3/q+1. The number of thiazole rings is 1. The largest absolute Gasteiger partial charge is 0.495 e. The maximum atomic E-state index is 5.65. The Hall–Kier alpha value is -2.53. The van der Waals surface area contributed by atoms with E-state index in [0.717, 1.165) is 47.9 Å². The highest BCUT2D eigenvalue weighted by Gasteiger charge is 2.21. The minimum absolute atomic E-state index is 0.893. The minimum Gasteiger partial charge on any atom is -0.495 e. The van der Waals surface area contributed by atoms with Crippen LogP contribution in [0.25, 0.3) is 22.4 Å². The average molecular weight is 398 g/mol. The molecule has 0 aliphatic heterocycles. The number of hydrogen-bond acceptors (Lipinski definition) is 4. The van der Waals surface area contributed by atoms with E-state index in [1.165, 1.54) is 9.71 Å². The number of benzene rings is 2. The van der Waals surface area contributed by atoms with Crippen LogP contribution in [0.3, 0.4) is 0 Å². The molecule has 1 aromatic heterocycles. The van der Waals surface area contributed by atoms with Gasteiger partial charge in [0.15, 0.2) is 5.75 Å². The molecule has 0 aliphatic rings. The number of fused-ring (bicyclic) bond motifs is 1. The van der Waals surface area contributed by atoms with Gasteiger partial charge >= 0.3 is 0 Å². The first-order chi connectivity index (χ1) is 13.7. The Morgan fingerprint density at radius 1 is 0.964 bits per heavy atom. The van der Waals surface area contributed by atoms with Gasteiger partial charge in [0, 0.05) is 19.2 Å². The summed E-state index contributed by atoms with van der Waals surface area (Å²) in [5.74, 6) is 1.83. The quantitative estimate of drug-likeness (QED) is 0.486. The van der Waals surface area contributed by atoms with E-state index >= 15 is 0 Å². The molecule has 0 saturated carbocycles. The fourth-order valence-electron chi connectivity index (χ4n) is 3.52. The minimum atomic E-state index is 0.893. The molecule has 0 N–H and O–H groups in total. The number of aryl methyl sites for hydroxylation is 1. The number of hydrogen-bond donors (Lipinski definition) is 0. The van der Waals surface area contributed by atoms with E-state index in [9.17, 15) is 0 Å². The highest BCUT2D eigenvalue weighted by atomic mass is 32.1. The summed E-state index contributed by atoms with van der Waals surface area (Å²) < 4.78 is 14.8. The Kier molecular flexibility index (Phi) is 6.57. The van der Waals surface area contributed by atoms with Crippen molar-refractivity contribution in [1.82, 2.24) is 0 Å². The molecule has 4 nitrogen and oxygen atoms in total. The first kappa shape index (κ1) is 20.2. The first-order valence-electron chi connectivity index (χ1n) is 9.77. The molecule has 0 radical (unpaired) electrons. The summed E-state index contributed by atoms with van der Waals surface area (Å²) in [5.41, 5.74) is 3.42. The van der Waals surface area contributed by atoms with Crippen LogP contribution in [0.15, 0.2) is 36.4 Å². The third-order valence-corrected chi connectivity index (χ3v) is 6.09. The predicted octanol–water partition coefficient (Wildman–Crippen LogP) is 5.24. The van der Waals surface area contributed by atoms with Gasteiger partial charge in [-0.05, 0) is 56.7 Å². The molecule has 148 valence electrons. The summed E-state index contributed by atoms with van der Waals surface area (Å²) in [6.45, 7) is 9.30. The lowest BCUT2D eigenvalue weighted by Crippen LogP contribution is -2.33. The zero-order chi connectivity index (χ0) is 20.1. The SMILES string of the molecule is CCN(CC)c1ccc(/C=C/c2sc3cccc(OC)c3[n+]2CC)cc1OC. The van der Waals surface area contributed by atoms with Crippen molar-refractivity contribution in [3.05, 3.63) is 47.0 Å². The van der Waals surface area contributed by atoms with E-state index in [4.69, 9.17) is 9.47 Å². The molecule has 28 heavy (non-hydrogen) atoms. The molecular weight excluding hydrogens is 368 g/mol. The van der Waals surface area contributed by atoms with Crippen molar-refractivity contribution in [2.24, 2.45) is 0 Å². The van der Waals surface area contributed by atoms with Crippen molar-refractivity contribution in [2.45, 2.75) is 27.3 Å². The van der Waals surface area contributed by atoms with Crippen molar-refractivity contribution >= 4 is 39.4 Å². The second-order valence-corrected chi connectivity index (χ2v) is 7.49. The molecule has 0 fully saturated rings. The van der Waals surface area contributed by atoms with Gasteiger partial charge in [0.2, 0.25) is 0 Å². The van der Waals surface area contributed by atoms with Crippen molar-refractivity contribution in [3.63, 3.8) is 0 Å². The van der Waals surface area contributed by atoms with Gasteiger partial charge in [-0.3, -0.25) is 0 Å². The maximum Gasteiger partial charge on any atom is 0.266 e. The molecule has 0 atom stereocenters. The number of para-hydroxylation sites is 1. The van der Waals surface area contributed by atoms with Crippen molar-refractivity contribution in [1.29, 1.82) is 0 Å². The summed E-state index contributed by atoms with van der Waals surface area (Å²) in [7, 11) is 3.46. The Balaban J connectivity index is 1.98. The van der Waals surface area contributed by atoms with Crippen molar-refractivity contribution < 1.29 is 14.0 Å². The molecule has 0 unspecified atom stereocenters. The molecule has 0 spiro atoms. The van der Waals surface area contributed by atoms with E-state index in [1.807, 2.05) is 12.1 Å². The van der Waals surface area contributed by atoms with Crippen LogP contribution in [0.4, 0.5) is 5.69 Å². The Labute approximate surface area is 171 Å². The molecule has 3 rings (SSSR count). The van der Waals surface area contributed by atoms with Crippen LogP contribution in [0.1, 0.15) is 31.3 Å². The summed E-state index contributed by atoms with van der Waals surface area (Å²) >= 11 is 1.78. The third-order valence-electron chi connectivity index (χ3n) is 4.97. The van der Waals surface area contributed by atoms with Gasteiger partial charge < -0.3 is 14.4 Å². The van der Waals surface area contributed by atoms with Crippen molar-refractivity contribution in [2.75, 3.05) is 32.2 Å². The number of ether oxygens (including phenoxy) is 2. The number of aromatic nitrogens is 1. The number of rotatable bonds is 8. The highest BCUT2D eigenvalue weighted by molar-refractivity contribution is 7.19. The van der Waals surface area contributed by atoms with Crippen molar-refractivity contribution in [3.8, 4) is 11.5 Å². The van der Waals surface area contributed by atoms with E-state index in [2.05, 4.69) is 66.7 Å². The molecule has 0 amide bonds. The fraction of sp³-hybridized carbons (Fsp3) is 0.348. The molecule has 0 saturated heterocycles. The molecule has 5 heteroatoms. The fourth-order valence-corrected chi connectivity index (χ4v) is 4.67. The summed E-state index contributed by atoms with van der Waals surface area (Å²) in [6, 6.07) is 12.6. The number of anilines is 1. The molecular formula is C23H29N2O2S+. The van der Waals surface area contributed by atoms with Crippen LogP contribution in [-0.2, 0) is 6.54 Å². The van der Waals surface area contributed by atoms with E-state index in [-0.39, 0.29) is 0 Å². The number of methoxy groups -OCH3 is 2.